The zero-order chi connectivity index (χ0) is 26.5. The molecule has 2 aromatic rings. The number of benzene rings is 2. The predicted octanol–water partition coefficient (Wildman–Crippen LogP) is 4.75. The number of ether oxygens (including phenoxy) is 1. The molecule has 2 heterocycles. The van der Waals surface area contributed by atoms with Crippen molar-refractivity contribution in [3.63, 3.8) is 0 Å². The number of hydrogen-bond donors (Lipinski definition) is 1. The zero-order valence-corrected chi connectivity index (χ0v) is 20.8. The molecular weight excluding hydrogens is 473 g/mol. The van der Waals surface area contributed by atoms with Crippen LogP contribution in [0, 0.1) is 19.3 Å². The summed E-state index contributed by atoms with van der Waals surface area (Å²) in [7, 11) is 0. The normalized spacial score (nSPS) is 21.6. The Kier molecular flexibility index (Phi) is 8.79. The van der Waals surface area contributed by atoms with Crippen LogP contribution in [-0.4, -0.2) is 65.8 Å². The van der Waals surface area contributed by atoms with E-state index < -0.39 is 12.1 Å². The molecule has 196 valence electrons. The average molecular weight is 507 g/mol. The first-order valence-corrected chi connectivity index (χ1v) is 11.9. The molecule has 0 aromatic heterocycles. The van der Waals surface area contributed by atoms with E-state index in [2.05, 4.69) is 60.9 Å². The summed E-state index contributed by atoms with van der Waals surface area (Å²) >= 11 is 0. The fraction of sp³-hybridized carbons (Fsp3) is 0.481. The Morgan fingerprint density at radius 1 is 1.14 bits per heavy atom. The lowest BCUT2D eigenvalue weighted by Crippen LogP contribution is -2.41. The van der Waals surface area contributed by atoms with E-state index in [0.29, 0.717) is 13.0 Å². The molecule has 0 bridgehead atoms. The number of nitrogens with zero attached hydrogens (tertiary/aromatic N) is 2. The van der Waals surface area contributed by atoms with E-state index in [9.17, 15) is 18.0 Å². The Hall–Kier alpha value is -2.91. The summed E-state index contributed by atoms with van der Waals surface area (Å²) in [6.45, 7) is 11.4. The predicted molar refractivity (Wildman–Crippen MR) is 129 cm³/mol. The molecule has 4 rings (SSSR count). The van der Waals surface area contributed by atoms with Crippen LogP contribution >= 0.6 is 0 Å². The maximum absolute atomic E-state index is 13.0. The lowest BCUT2D eigenvalue weighted by Gasteiger charge is -2.33. The minimum atomic E-state index is -5.08. The van der Waals surface area contributed by atoms with Crippen molar-refractivity contribution in [3.05, 3.63) is 70.8 Å². The second-order valence-corrected chi connectivity index (χ2v) is 9.78. The third-order valence-corrected chi connectivity index (χ3v) is 6.76. The maximum Gasteiger partial charge on any atom is 0.490 e. The lowest BCUT2D eigenvalue weighted by molar-refractivity contribution is -0.192. The molecule has 2 atom stereocenters. The summed E-state index contributed by atoms with van der Waals surface area (Å²) in [5, 5.41) is 7.12. The minimum Gasteiger partial charge on any atom is -0.475 e. The highest BCUT2D eigenvalue weighted by Crippen LogP contribution is 2.38. The van der Waals surface area contributed by atoms with Crippen molar-refractivity contribution in [3.8, 4) is 0 Å². The first kappa shape index (κ1) is 27.7. The van der Waals surface area contributed by atoms with Crippen LogP contribution in [-0.2, 0) is 20.9 Å². The van der Waals surface area contributed by atoms with Gasteiger partial charge in [0.15, 0.2) is 0 Å². The molecule has 0 radical (unpaired) electrons. The van der Waals surface area contributed by atoms with Gasteiger partial charge in [-0.3, -0.25) is 9.69 Å². The molecule has 2 fully saturated rings. The van der Waals surface area contributed by atoms with Crippen molar-refractivity contribution in [1.82, 2.24) is 9.80 Å². The van der Waals surface area contributed by atoms with Gasteiger partial charge in [0.2, 0.25) is 5.91 Å². The van der Waals surface area contributed by atoms with Crippen molar-refractivity contribution in [2.45, 2.75) is 46.0 Å². The first-order chi connectivity index (χ1) is 16.9. The van der Waals surface area contributed by atoms with E-state index in [4.69, 9.17) is 14.6 Å². The quantitative estimate of drug-likeness (QED) is 0.648. The number of carbonyl (C=O) groups is 2. The molecule has 0 aliphatic carbocycles. The molecule has 9 heteroatoms. The lowest BCUT2D eigenvalue weighted by atomic mass is 9.87. The summed E-state index contributed by atoms with van der Waals surface area (Å²) in [6.07, 6.45) is -4.51. The molecular formula is C27H33F3N2O4. The molecule has 1 spiro atoms. The van der Waals surface area contributed by atoms with Gasteiger partial charge in [0.25, 0.3) is 0 Å². The van der Waals surface area contributed by atoms with Crippen molar-refractivity contribution in [1.29, 1.82) is 0 Å². The third-order valence-electron chi connectivity index (χ3n) is 6.76. The number of carboxylic acid groups (broad SMARTS) is 1. The van der Waals surface area contributed by atoms with Crippen LogP contribution in [0.4, 0.5) is 13.2 Å². The highest BCUT2D eigenvalue weighted by molar-refractivity contribution is 5.80. The number of amides is 1. The van der Waals surface area contributed by atoms with E-state index in [-0.39, 0.29) is 17.4 Å². The number of carboxylic acids is 1. The van der Waals surface area contributed by atoms with Crippen LogP contribution < -0.4 is 0 Å². The summed E-state index contributed by atoms with van der Waals surface area (Å²) in [6, 6.07) is 17.1. The number of aryl methyl sites for hydroxylation is 2. The van der Waals surface area contributed by atoms with Crippen molar-refractivity contribution in [2.75, 3.05) is 32.8 Å². The molecule has 0 saturated carbocycles. The smallest absolute Gasteiger partial charge is 0.475 e. The van der Waals surface area contributed by atoms with Gasteiger partial charge in [0, 0.05) is 38.0 Å². The van der Waals surface area contributed by atoms with Gasteiger partial charge < -0.3 is 14.7 Å². The molecule has 2 aromatic carbocycles. The molecule has 1 N–H and O–H groups in total. The number of aliphatic carboxylic acids is 1. The Morgan fingerprint density at radius 2 is 1.81 bits per heavy atom. The van der Waals surface area contributed by atoms with Crippen LogP contribution in [0.3, 0.4) is 0 Å². The van der Waals surface area contributed by atoms with E-state index in [0.717, 1.165) is 32.8 Å². The van der Waals surface area contributed by atoms with Crippen LogP contribution in [0.25, 0.3) is 0 Å². The number of carbonyl (C=O) groups excluding carboxylic acids is 1. The van der Waals surface area contributed by atoms with Gasteiger partial charge in [-0.1, -0.05) is 54.1 Å². The van der Waals surface area contributed by atoms with Gasteiger partial charge in [-0.2, -0.15) is 13.2 Å². The molecule has 2 aliphatic rings. The second kappa shape index (κ2) is 11.4. The minimum absolute atomic E-state index is 0.0961. The first-order valence-electron chi connectivity index (χ1n) is 11.9. The highest BCUT2D eigenvalue weighted by Gasteiger charge is 2.47. The summed E-state index contributed by atoms with van der Waals surface area (Å²) in [5.74, 6) is -2.51. The Balaban J connectivity index is 0.000000454. The van der Waals surface area contributed by atoms with Crippen LogP contribution in [0.15, 0.2) is 48.5 Å². The van der Waals surface area contributed by atoms with Gasteiger partial charge >= 0.3 is 12.1 Å². The topological polar surface area (TPSA) is 70.1 Å². The largest absolute Gasteiger partial charge is 0.490 e. The van der Waals surface area contributed by atoms with E-state index >= 15 is 0 Å². The third kappa shape index (κ3) is 7.07. The van der Waals surface area contributed by atoms with Gasteiger partial charge in [-0.25, -0.2) is 4.79 Å². The standard InChI is InChI=1S/C25H32N2O2.C2HF3O2/c1-19-9-10-20(2)23(13-19)15-26-11-12-29-18-25(16-26)14-24(28)27(17-25)21(3)22-7-5-4-6-8-22;3-2(4,5)1(6)7/h4-10,13,21H,11-12,14-18H2,1-3H3;(H,6,7). The van der Waals surface area contributed by atoms with E-state index in [1.165, 1.54) is 22.3 Å². The average Bonchev–Trinajstić information content (AvgIpc) is 3.01. The van der Waals surface area contributed by atoms with Crippen molar-refractivity contribution in [2.24, 2.45) is 5.41 Å². The molecule has 6 nitrogen and oxygen atoms in total. The summed E-state index contributed by atoms with van der Waals surface area (Å²) in [4.78, 5) is 26.4. The maximum atomic E-state index is 13.0. The Bertz CT molecular complexity index is 1060. The van der Waals surface area contributed by atoms with Gasteiger partial charge in [-0.05, 0) is 37.5 Å². The number of alkyl halides is 3. The number of likely N-dealkylation sites (tertiary alicyclic amines) is 1. The fourth-order valence-electron chi connectivity index (χ4n) is 4.82. The van der Waals surface area contributed by atoms with Gasteiger partial charge in [-0.15, -0.1) is 0 Å². The van der Waals surface area contributed by atoms with E-state index in [1.54, 1.807) is 0 Å². The summed E-state index contributed by atoms with van der Waals surface area (Å²) < 4.78 is 37.8. The second-order valence-electron chi connectivity index (χ2n) is 9.78. The Morgan fingerprint density at radius 3 is 2.44 bits per heavy atom. The molecule has 2 saturated heterocycles. The molecule has 36 heavy (non-hydrogen) atoms. The van der Waals surface area contributed by atoms with Crippen LogP contribution in [0.2, 0.25) is 0 Å². The van der Waals surface area contributed by atoms with E-state index in [1.807, 2.05) is 18.2 Å². The number of hydrogen-bond acceptors (Lipinski definition) is 4. The van der Waals surface area contributed by atoms with Crippen LogP contribution in [0.1, 0.15) is 41.6 Å². The molecule has 1 amide bonds. The van der Waals surface area contributed by atoms with Gasteiger partial charge in [0.05, 0.1) is 19.3 Å². The molecule has 2 aliphatic heterocycles. The number of rotatable bonds is 4. The van der Waals surface area contributed by atoms with Gasteiger partial charge in [0.1, 0.15) is 0 Å². The SMILES string of the molecule is Cc1ccc(C)c(CN2CCOCC3(CC(=O)N(C(C)c4ccccc4)C3)C2)c1.O=C(O)C(F)(F)F. The monoisotopic (exact) mass is 506 g/mol. The zero-order valence-electron chi connectivity index (χ0n) is 20.8. The summed E-state index contributed by atoms with van der Waals surface area (Å²) in [5.41, 5.74) is 5.08. The highest BCUT2D eigenvalue weighted by atomic mass is 19.4. The van der Waals surface area contributed by atoms with Crippen molar-refractivity contribution < 1.29 is 32.6 Å². The van der Waals surface area contributed by atoms with Crippen LogP contribution in [0.5, 0.6) is 0 Å². The Labute approximate surface area is 209 Å². The fourth-order valence-corrected chi connectivity index (χ4v) is 4.82. The van der Waals surface area contributed by atoms with Crippen molar-refractivity contribution >= 4 is 11.9 Å². The number of halogens is 3. The molecule has 2 unspecified atom stereocenters.